The van der Waals surface area contributed by atoms with E-state index in [-0.39, 0.29) is 5.91 Å². The summed E-state index contributed by atoms with van der Waals surface area (Å²) in [6.45, 7) is 7.08. The molecule has 1 aliphatic rings. The first-order valence-electron chi connectivity index (χ1n) is 12.7. The Labute approximate surface area is 212 Å². The van der Waals surface area contributed by atoms with E-state index in [4.69, 9.17) is 9.47 Å². The summed E-state index contributed by atoms with van der Waals surface area (Å²) < 4.78 is 11.6. The van der Waals surface area contributed by atoms with Crippen molar-refractivity contribution in [1.29, 1.82) is 0 Å². The number of benzene rings is 4. The molecule has 5 heteroatoms. The number of fused-ring (bicyclic) bond motifs is 1. The molecule has 1 aliphatic heterocycles. The highest BCUT2D eigenvalue weighted by Crippen LogP contribution is 2.32. The smallest absolute Gasteiger partial charge is 0.255 e. The SMILES string of the molecule is CCc1ccc(-c2cccc(C(=O)Nc3ccc(OCCN4CCOCC4)c4ccccc34)c2)cc1. The van der Waals surface area contributed by atoms with Crippen molar-refractivity contribution in [2.45, 2.75) is 13.3 Å². The van der Waals surface area contributed by atoms with Crippen LogP contribution in [0, 0.1) is 0 Å². The molecular formula is C31H32N2O3. The van der Waals surface area contributed by atoms with Crippen molar-refractivity contribution in [2.75, 3.05) is 44.8 Å². The topological polar surface area (TPSA) is 50.8 Å². The average Bonchev–Trinajstić information content (AvgIpc) is 2.95. The Morgan fingerprint density at radius 3 is 2.44 bits per heavy atom. The monoisotopic (exact) mass is 480 g/mol. The molecule has 1 fully saturated rings. The van der Waals surface area contributed by atoms with Gasteiger partial charge in [-0.2, -0.15) is 0 Å². The average molecular weight is 481 g/mol. The second-order valence-electron chi connectivity index (χ2n) is 9.04. The summed E-state index contributed by atoms with van der Waals surface area (Å²) in [6, 6.07) is 28.2. The maximum atomic E-state index is 13.2. The van der Waals surface area contributed by atoms with E-state index in [1.807, 2.05) is 60.7 Å². The first kappa shape index (κ1) is 24.0. The van der Waals surface area contributed by atoms with Crippen LogP contribution in [0.15, 0.2) is 84.9 Å². The van der Waals surface area contributed by atoms with Crippen molar-refractivity contribution in [3.63, 3.8) is 0 Å². The van der Waals surface area contributed by atoms with Crippen LogP contribution in [0.2, 0.25) is 0 Å². The summed E-state index contributed by atoms with van der Waals surface area (Å²) in [4.78, 5) is 15.6. The molecule has 0 aromatic heterocycles. The maximum Gasteiger partial charge on any atom is 0.255 e. The zero-order valence-corrected chi connectivity index (χ0v) is 20.7. The van der Waals surface area contributed by atoms with Crippen LogP contribution in [-0.4, -0.2) is 50.3 Å². The van der Waals surface area contributed by atoms with Gasteiger partial charge in [0.25, 0.3) is 5.91 Å². The number of carbonyl (C=O) groups is 1. The lowest BCUT2D eigenvalue weighted by Gasteiger charge is -2.26. The fraction of sp³-hybridized carbons (Fsp3) is 0.258. The van der Waals surface area contributed by atoms with Crippen LogP contribution in [-0.2, 0) is 11.2 Å². The van der Waals surface area contributed by atoms with Gasteiger partial charge in [0, 0.05) is 41.7 Å². The van der Waals surface area contributed by atoms with Crippen molar-refractivity contribution in [1.82, 2.24) is 4.90 Å². The van der Waals surface area contributed by atoms with Gasteiger partial charge in [0.2, 0.25) is 0 Å². The van der Waals surface area contributed by atoms with Crippen molar-refractivity contribution >= 4 is 22.4 Å². The minimum absolute atomic E-state index is 0.131. The number of amides is 1. The third-order valence-electron chi connectivity index (χ3n) is 6.72. The predicted molar refractivity (Wildman–Crippen MR) is 146 cm³/mol. The molecule has 0 radical (unpaired) electrons. The van der Waals surface area contributed by atoms with Gasteiger partial charge in [0.15, 0.2) is 0 Å². The van der Waals surface area contributed by atoms with Crippen molar-refractivity contribution in [3.05, 3.63) is 96.1 Å². The molecule has 1 N–H and O–H groups in total. The summed E-state index contributed by atoms with van der Waals surface area (Å²) in [7, 11) is 0. The van der Waals surface area contributed by atoms with Crippen LogP contribution in [0.4, 0.5) is 5.69 Å². The standard InChI is InChI=1S/C31H32N2O3/c1-2-23-10-12-24(13-11-23)25-6-5-7-26(22-25)31(34)32-29-14-15-30(28-9-4-3-8-27(28)29)36-21-18-33-16-19-35-20-17-33/h3-15,22H,2,16-21H2,1H3,(H,32,34). The number of hydrogen-bond donors (Lipinski definition) is 1. The second kappa shape index (κ2) is 11.4. The molecule has 1 heterocycles. The quantitative estimate of drug-likeness (QED) is 0.334. The summed E-state index contributed by atoms with van der Waals surface area (Å²) in [5.41, 5.74) is 4.83. The normalized spacial score (nSPS) is 14.0. The molecular weight excluding hydrogens is 448 g/mol. The van der Waals surface area contributed by atoms with Gasteiger partial charge in [-0.25, -0.2) is 0 Å². The molecule has 0 bridgehead atoms. The van der Waals surface area contributed by atoms with E-state index in [1.54, 1.807) is 0 Å². The van der Waals surface area contributed by atoms with Crippen molar-refractivity contribution < 1.29 is 14.3 Å². The number of ether oxygens (including phenoxy) is 2. The highest BCUT2D eigenvalue weighted by atomic mass is 16.5. The summed E-state index contributed by atoms with van der Waals surface area (Å²) >= 11 is 0. The number of carbonyl (C=O) groups excluding carboxylic acids is 1. The molecule has 5 nitrogen and oxygen atoms in total. The highest BCUT2D eigenvalue weighted by molar-refractivity contribution is 6.10. The largest absolute Gasteiger partial charge is 0.492 e. The highest BCUT2D eigenvalue weighted by Gasteiger charge is 2.13. The van der Waals surface area contributed by atoms with Crippen LogP contribution in [0.3, 0.4) is 0 Å². The summed E-state index contributed by atoms with van der Waals surface area (Å²) in [5.74, 6) is 0.697. The zero-order chi connectivity index (χ0) is 24.7. The first-order chi connectivity index (χ1) is 17.7. The summed E-state index contributed by atoms with van der Waals surface area (Å²) in [6.07, 6.45) is 1.01. The number of nitrogens with one attached hydrogen (secondary N) is 1. The maximum absolute atomic E-state index is 13.2. The van der Waals surface area contributed by atoms with E-state index in [0.29, 0.717) is 12.2 Å². The second-order valence-corrected chi connectivity index (χ2v) is 9.04. The minimum atomic E-state index is -0.131. The van der Waals surface area contributed by atoms with Crippen molar-refractivity contribution in [2.24, 2.45) is 0 Å². The summed E-state index contributed by atoms with van der Waals surface area (Å²) in [5, 5.41) is 5.06. The lowest BCUT2D eigenvalue weighted by molar-refractivity contribution is 0.0323. The number of nitrogens with zero attached hydrogens (tertiary/aromatic N) is 1. The van der Waals surface area contributed by atoms with E-state index >= 15 is 0 Å². The molecule has 36 heavy (non-hydrogen) atoms. The number of rotatable bonds is 8. The number of hydrogen-bond acceptors (Lipinski definition) is 4. The molecule has 0 saturated carbocycles. The Kier molecular flexibility index (Phi) is 7.60. The molecule has 4 aromatic rings. The minimum Gasteiger partial charge on any atom is -0.492 e. The fourth-order valence-corrected chi connectivity index (χ4v) is 4.58. The molecule has 184 valence electrons. The molecule has 4 aromatic carbocycles. The van der Waals surface area contributed by atoms with E-state index < -0.39 is 0 Å². The lowest BCUT2D eigenvalue weighted by Crippen LogP contribution is -2.38. The fourth-order valence-electron chi connectivity index (χ4n) is 4.58. The number of morpholine rings is 1. The zero-order valence-electron chi connectivity index (χ0n) is 20.7. The molecule has 0 spiro atoms. The van der Waals surface area contributed by atoms with Crippen LogP contribution in [0.1, 0.15) is 22.8 Å². The van der Waals surface area contributed by atoms with Gasteiger partial charge in [0.05, 0.1) is 13.2 Å². The van der Waals surface area contributed by atoms with Gasteiger partial charge < -0.3 is 14.8 Å². The predicted octanol–water partition coefficient (Wildman–Crippen LogP) is 6.03. The van der Waals surface area contributed by atoms with Crippen LogP contribution in [0.25, 0.3) is 21.9 Å². The van der Waals surface area contributed by atoms with Gasteiger partial charge in [-0.3, -0.25) is 9.69 Å². The van der Waals surface area contributed by atoms with Crippen LogP contribution < -0.4 is 10.1 Å². The van der Waals surface area contributed by atoms with E-state index in [1.165, 1.54) is 5.56 Å². The van der Waals surface area contributed by atoms with Gasteiger partial charge >= 0.3 is 0 Å². The Hall–Kier alpha value is -3.67. The molecule has 0 aliphatic carbocycles. The number of aryl methyl sites for hydroxylation is 1. The van der Waals surface area contributed by atoms with E-state index in [2.05, 4.69) is 41.4 Å². The van der Waals surface area contributed by atoms with Gasteiger partial charge in [-0.15, -0.1) is 0 Å². The third-order valence-corrected chi connectivity index (χ3v) is 6.72. The van der Waals surface area contributed by atoms with E-state index in [9.17, 15) is 4.79 Å². The molecule has 5 rings (SSSR count). The molecule has 1 saturated heterocycles. The van der Waals surface area contributed by atoms with E-state index in [0.717, 1.165) is 72.6 Å². The van der Waals surface area contributed by atoms with Crippen LogP contribution >= 0.6 is 0 Å². The van der Waals surface area contributed by atoms with Crippen molar-refractivity contribution in [3.8, 4) is 16.9 Å². The third kappa shape index (κ3) is 5.59. The Morgan fingerprint density at radius 1 is 0.889 bits per heavy atom. The van der Waals surface area contributed by atoms with Gasteiger partial charge in [-0.1, -0.05) is 67.6 Å². The van der Waals surface area contributed by atoms with Gasteiger partial charge in [0.1, 0.15) is 12.4 Å². The first-order valence-corrected chi connectivity index (χ1v) is 12.7. The Balaban J connectivity index is 1.31. The van der Waals surface area contributed by atoms with Gasteiger partial charge in [-0.05, 0) is 47.4 Å². The molecule has 0 unspecified atom stereocenters. The molecule has 1 amide bonds. The Bertz CT molecular complexity index is 1330. The Morgan fingerprint density at radius 2 is 1.67 bits per heavy atom. The van der Waals surface area contributed by atoms with Crippen LogP contribution in [0.5, 0.6) is 5.75 Å². The molecule has 0 atom stereocenters. The number of anilines is 1. The lowest BCUT2D eigenvalue weighted by atomic mass is 10.0.